The molecular weight excluding hydrogens is 310 g/mol. The normalized spacial score (nSPS) is 14.5. The topological polar surface area (TPSA) is 38.1 Å². The average Bonchev–Trinajstić information content (AvgIpc) is 3.15. The Kier molecular flexibility index (Phi) is 4.34. The van der Waals surface area contributed by atoms with Crippen LogP contribution >= 0.6 is 0 Å². The number of likely N-dealkylation sites (tertiary alicyclic amines) is 1. The van der Waals surface area contributed by atoms with Gasteiger partial charge in [0.05, 0.1) is 11.3 Å². The van der Waals surface area contributed by atoms with Crippen molar-refractivity contribution < 1.29 is 4.79 Å². The first-order valence-electron chi connectivity index (χ1n) is 8.83. The van der Waals surface area contributed by atoms with Gasteiger partial charge in [-0.05, 0) is 31.4 Å². The van der Waals surface area contributed by atoms with Crippen LogP contribution in [0.25, 0.3) is 16.9 Å². The third kappa shape index (κ3) is 3.20. The van der Waals surface area contributed by atoms with Crippen molar-refractivity contribution in [3.05, 3.63) is 72.4 Å². The third-order valence-electron chi connectivity index (χ3n) is 4.66. The molecule has 2 heterocycles. The molecule has 126 valence electrons. The summed E-state index contributed by atoms with van der Waals surface area (Å²) in [7, 11) is 0. The molecule has 1 aliphatic heterocycles. The molecule has 0 saturated carbocycles. The van der Waals surface area contributed by atoms with Crippen molar-refractivity contribution in [2.45, 2.75) is 19.3 Å². The van der Waals surface area contributed by atoms with Crippen LogP contribution in [0.1, 0.15) is 29.6 Å². The van der Waals surface area contributed by atoms with E-state index in [-0.39, 0.29) is 5.91 Å². The molecule has 0 atom stereocenters. The van der Waals surface area contributed by atoms with Crippen LogP contribution in [0, 0.1) is 0 Å². The van der Waals surface area contributed by atoms with Gasteiger partial charge in [-0.2, -0.15) is 5.10 Å². The fraction of sp³-hybridized carbons (Fsp3) is 0.238. The van der Waals surface area contributed by atoms with E-state index in [1.54, 1.807) is 4.68 Å². The number of carbonyl (C=O) groups excluding carboxylic acids is 1. The molecule has 3 aromatic rings. The zero-order valence-electron chi connectivity index (χ0n) is 14.1. The maximum atomic E-state index is 13.1. The van der Waals surface area contributed by atoms with Crippen LogP contribution in [-0.2, 0) is 0 Å². The Morgan fingerprint density at radius 2 is 1.48 bits per heavy atom. The summed E-state index contributed by atoms with van der Waals surface area (Å²) in [5, 5.41) is 4.74. The zero-order valence-corrected chi connectivity index (χ0v) is 14.1. The monoisotopic (exact) mass is 331 g/mol. The number of piperidine rings is 1. The van der Waals surface area contributed by atoms with Gasteiger partial charge in [0, 0.05) is 24.8 Å². The molecule has 1 fully saturated rings. The number of carbonyl (C=O) groups is 1. The quantitative estimate of drug-likeness (QED) is 0.722. The van der Waals surface area contributed by atoms with Gasteiger partial charge in [-0.1, -0.05) is 48.5 Å². The summed E-state index contributed by atoms with van der Waals surface area (Å²) in [4.78, 5) is 15.1. The minimum Gasteiger partial charge on any atom is -0.339 e. The summed E-state index contributed by atoms with van der Waals surface area (Å²) in [5.74, 6) is 0.0840. The van der Waals surface area contributed by atoms with Gasteiger partial charge >= 0.3 is 0 Å². The Labute approximate surface area is 147 Å². The van der Waals surface area contributed by atoms with Gasteiger partial charge in [0.2, 0.25) is 0 Å². The second-order valence-corrected chi connectivity index (χ2v) is 6.39. The smallest absolute Gasteiger partial charge is 0.257 e. The summed E-state index contributed by atoms with van der Waals surface area (Å²) in [6, 6.07) is 19.9. The highest BCUT2D eigenvalue weighted by molar-refractivity contribution is 6.00. The van der Waals surface area contributed by atoms with E-state index in [0.717, 1.165) is 42.9 Å². The number of rotatable bonds is 3. The highest BCUT2D eigenvalue weighted by atomic mass is 16.2. The average molecular weight is 331 g/mol. The molecule has 1 aromatic heterocycles. The van der Waals surface area contributed by atoms with Crippen LogP contribution in [0.2, 0.25) is 0 Å². The second-order valence-electron chi connectivity index (χ2n) is 6.39. The molecule has 4 heteroatoms. The highest BCUT2D eigenvalue weighted by Crippen LogP contribution is 2.25. The van der Waals surface area contributed by atoms with Gasteiger partial charge in [-0.25, -0.2) is 4.68 Å². The maximum Gasteiger partial charge on any atom is 0.257 e. The van der Waals surface area contributed by atoms with Gasteiger partial charge in [0.1, 0.15) is 5.69 Å². The summed E-state index contributed by atoms with van der Waals surface area (Å²) >= 11 is 0. The van der Waals surface area contributed by atoms with Crippen LogP contribution in [0.5, 0.6) is 0 Å². The lowest BCUT2D eigenvalue weighted by Crippen LogP contribution is -2.35. The first-order chi connectivity index (χ1) is 12.3. The summed E-state index contributed by atoms with van der Waals surface area (Å²) < 4.78 is 1.81. The predicted molar refractivity (Wildman–Crippen MR) is 98.8 cm³/mol. The molecule has 2 aromatic carbocycles. The molecular formula is C21H21N3O. The number of hydrogen-bond donors (Lipinski definition) is 0. The van der Waals surface area contributed by atoms with Crippen molar-refractivity contribution in [2.75, 3.05) is 13.1 Å². The number of amides is 1. The summed E-state index contributed by atoms with van der Waals surface area (Å²) in [6.45, 7) is 1.67. The van der Waals surface area contributed by atoms with E-state index in [1.807, 2.05) is 71.8 Å². The number of para-hydroxylation sites is 1. The van der Waals surface area contributed by atoms with E-state index in [1.165, 1.54) is 6.42 Å². The minimum atomic E-state index is 0.0840. The first kappa shape index (κ1) is 15.6. The molecule has 0 spiro atoms. The minimum absolute atomic E-state index is 0.0840. The molecule has 1 aliphatic rings. The summed E-state index contributed by atoms with van der Waals surface area (Å²) in [6.07, 6.45) is 5.24. The standard InChI is InChI=1S/C21H21N3O/c25-21(23-14-8-3-9-15-23)19-16-24(18-12-6-2-7-13-18)22-20(19)17-10-4-1-5-11-17/h1-2,4-7,10-13,16H,3,8-9,14-15H2. The van der Waals surface area contributed by atoms with E-state index in [9.17, 15) is 4.79 Å². The SMILES string of the molecule is O=C(c1cn(-c2ccccc2)nc1-c1ccccc1)N1CCCCC1. The largest absolute Gasteiger partial charge is 0.339 e. The summed E-state index contributed by atoms with van der Waals surface area (Å²) in [5.41, 5.74) is 3.35. The zero-order chi connectivity index (χ0) is 17.1. The molecule has 0 aliphatic carbocycles. The van der Waals surface area contributed by atoms with Crippen LogP contribution in [0.3, 0.4) is 0 Å². The van der Waals surface area contributed by atoms with Crippen LogP contribution in [-0.4, -0.2) is 33.7 Å². The van der Waals surface area contributed by atoms with Crippen molar-refractivity contribution in [3.63, 3.8) is 0 Å². The molecule has 4 nitrogen and oxygen atoms in total. The van der Waals surface area contributed by atoms with E-state index >= 15 is 0 Å². The Balaban J connectivity index is 1.78. The van der Waals surface area contributed by atoms with Crippen molar-refractivity contribution in [1.82, 2.24) is 14.7 Å². The van der Waals surface area contributed by atoms with E-state index in [0.29, 0.717) is 5.56 Å². The fourth-order valence-electron chi connectivity index (χ4n) is 3.32. The van der Waals surface area contributed by atoms with Crippen molar-refractivity contribution >= 4 is 5.91 Å². The number of benzene rings is 2. The van der Waals surface area contributed by atoms with Crippen molar-refractivity contribution in [3.8, 4) is 16.9 Å². The van der Waals surface area contributed by atoms with E-state index in [4.69, 9.17) is 5.10 Å². The molecule has 0 N–H and O–H groups in total. The molecule has 1 amide bonds. The van der Waals surface area contributed by atoms with E-state index < -0.39 is 0 Å². The van der Waals surface area contributed by atoms with Gasteiger partial charge in [0.15, 0.2) is 0 Å². The highest BCUT2D eigenvalue weighted by Gasteiger charge is 2.24. The van der Waals surface area contributed by atoms with E-state index in [2.05, 4.69) is 0 Å². The lowest BCUT2D eigenvalue weighted by atomic mass is 10.1. The van der Waals surface area contributed by atoms with Crippen LogP contribution in [0.4, 0.5) is 0 Å². The third-order valence-corrected chi connectivity index (χ3v) is 4.66. The Morgan fingerprint density at radius 3 is 2.16 bits per heavy atom. The van der Waals surface area contributed by atoms with Crippen LogP contribution in [0.15, 0.2) is 66.9 Å². The fourth-order valence-corrected chi connectivity index (χ4v) is 3.32. The number of nitrogens with zero attached hydrogens (tertiary/aromatic N) is 3. The Hall–Kier alpha value is -2.88. The molecule has 25 heavy (non-hydrogen) atoms. The molecule has 0 bridgehead atoms. The molecule has 0 unspecified atom stereocenters. The first-order valence-corrected chi connectivity index (χ1v) is 8.83. The van der Waals surface area contributed by atoms with Crippen LogP contribution < -0.4 is 0 Å². The Morgan fingerprint density at radius 1 is 0.840 bits per heavy atom. The van der Waals surface area contributed by atoms with Gasteiger partial charge in [-0.15, -0.1) is 0 Å². The molecule has 0 radical (unpaired) electrons. The Bertz CT molecular complexity index is 849. The number of aromatic nitrogens is 2. The van der Waals surface area contributed by atoms with Crippen molar-refractivity contribution in [1.29, 1.82) is 0 Å². The van der Waals surface area contributed by atoms with Gasteiger partial charge in [0.25, 0.3) is 5.91 Å². The predicted octanol–water partition coefficient (Wildman–Crippen LogP) is 4.17. The molecule has 1 saturated heterocycles. The van der Waals surface area contributed by atoms with Gasteiger partial charge in [-0.3, -0.25) is 4.79 Å². The maximum absolute atomic E-state index is 13.1. The molecule has 4 rings (SSSR count). The number of hydrogen-bond acceptors (Lipinski definition) is 2. The van der Waals surface area contributed by atoms with Gasteiger partial charge < -0.3 is 4.90 Å². The lowest BCUT2D eigenvalue weighted by Gasteiger charge is -2.26. The second kappa shape index (κ2) is 6.93. The lowest BCUT2D eigenvalue weighted by molar-refractivity contribution is 0.0725. The van der Waals surface area contributed by atoms with Crippen molar-refractivity contribution in [2.24, 2.45) is 0 Å².